The molecule has 0 aromatic carbocycles. The number of carbonyl (C=O) groups is 3. The number of amides is 2. The highest BCUT2D eigenvalue weighted by molar-refractivity contribution is 6.10. The van der Waals surface area contributed by atoms with Crippen LogP contribution in [0.25, 0.3) is 0 Å². The highest BCUT2D eigenvalue weighted by Gasteiger charge is 2.65. The van der Waals surface area contributed by atoms with E-state index in [9.17, 15) is 19.5 Å². The number of nitrogens with zero attached hydrogens (tertiary/aromatic N) is 1. The zero-order chi connectivity index (χ0) is 13.1. The third-order valence-corrected chi connectivity index (χ3v) is 4.86. The second kappa shape index (κ2) is 3.56. The summed E-state index contributed by atoms with van der Waals surface area (Å²) in [6.45, 7) is 2.07. The van der Waals surface area contributed by atoms with E-state index in [1.807, 2.05) is 0 Å². The van der Waals surface area contributed by atoms with Gasteiger partial charge in [-0.05, 0) is 31.6 Å². The van der Waals surface area contributed by atoms with Crippen LogP contribution in [0.3, 0.4) is 0 Å². The second-order valence-electron chi connectivity index (χ2n) is 5.81. The van der Waals surface area contributed by atoms with Crippen molar-refractivity contribution >= 4 is 17.8 Å². The molecule has 0 radical (unpaired) electrons. The van der Waals surface area contributed by atoms with Crippen LogP contribution in [0.1, 0.15) is 39.0 Å². The standard InChI is InChI=1S/C13H17NO4/c1-2-7-5-8-9(6-7)11(16)14(10(8)15)13(3-4-13)12(17)18/h7-9H,2-6H2,1H3,(H,17,18). The topological polar surface area (TPSA) is 74.7 Å². The van der Waals surface area contributed by atoms with E-state index >= 15 is 0 Å². The van der Waals surface area contributed by atoms with E-state index in [2.05, 4.69) is 6.92 Å². The van der Waals surface area contributed by atoms with Gasteiger partial charge >= 0.3 is 5.97 Å². The lowest BCUT2D eigenvalue weighted by Gasteiger charge is -2.23. The van der Waals surface area contributed by atoms with E-state index in [0.717, 1.165) is 24.2 Å². The zero-order valence-electron chi connectivity index (χ0n) is 10.4. The first-order valence-corrected chi connectivity index (χ1v) is 6.62. The normalized spacial score (nSPS) is 36.9. The van der Waals surface area contributed by atoms with Gasteiger partial charge < -0.3 is 5.11 Å². The summed E-state index contributed by atoms with van der Waals surface area (Å²) in [5, 5.41) is 9.22. The summed E-state index contributed by atoms with van der Waals surface area (Å²) in [6, 6.07) is 0. The molecule has 0 aromatic rings. The monoisotopic (exact) mass is 251 g/mol. The maximum atomic E-state index is 12.3. The molecule has 98 valence electrons. The maximum absolute atomic E-state index is 12.3. The Morgan fingerprint density at radius 1 is 1.28 bits per heavy atom. The van der Waals surface area contributed by atoms with Gasteiger partial charge in [-0.15, -0.1) is 0 Å². The average Bonchev–Trinajstić information content (AvgIpc) is 2.95. The van der Waals surface area contributed by atoms with Crippen LogP contribution in [0.2, 0.25) is 0 Å². The molecule has 2 atom stereocenters. The third kappa shape index (κ3) is 1.30. The predicted octanol–water partition coefficient (Wildman–Crippen LogP) is 1.02. The molecule has 1 aliphatic heterocycles. The summed E-state index contributed by atoms with van der Waals surface area (Å²) in [6.07, 6.45) is 3.31. The molecule has 1 N–H and O–H groups in total. The van der Waals surface area contributed by atoms with Crippen LogP contribution in [0.5, 0.6) is 0 Å². The molecule has 1 heterocycles. The Hall–Kier alpha value is -1.39. The molecule has 2 aliphatic carbocycles. The van der Waals surface area contributed by atoms with E-state index in [0.29, 0.717) is 18.8 Å². The summed E-state index contributed by atoms with van der Waals surface area (Å²) in [5.74, 6) is -1.56. The third-order valence-electron chi connectivity index (χ3n) is 4.86. The van der Waals surface area contributed by atoms with Gasteiger partial charge in [-0.1, -0.05) is 13.3 Å². The zero-order valence-corrected chi connectivity index (χ0v) is 10.4. The molecule has 2 unspecified atom stereocenters. The number of likely N-dealkylation sites (tertiary alicyclic amines) is 1. The average molecular weight is 251 g/mol. The number of carboxylic acids is 1. The lowest BCUT2D eigenvalue weighted by atomic mass is 10.00. The van der Waals surface area contributed by atoms with Crippen molar-refractivity contribution < 1.29 is 19.5 Å². The van der Waals surface area contributed by atoms with Crippen molar-refractivity contribution in [2.24, 2.45) is 17.8 Å². The first-order valence-electron chi connectivity index (χ1n) is 6.62. The van der Waals surface area contributed by atoms with Crippen molar-refractivity contribution in [3.8, 4) is 0 Å². The Balaban J connectivity index is 1.88. The van der Waals surface area contributed by atoms with Gasteiger partial charge in [-0.3, -0.25) is 14.5 Å². The van der Waals surface area contributed by atoms with Crippen LogP contribution < -0.4 is 0 Å². The summed E-state index contributed by atoms with van der Waals surface area (Å²) in [7, 11) is 0. The van der Waals surface area contributed by atoms with Gasteiger partial charge in [0, 0.05) is 0 Å². The van der Waals surface area contributed by atoms with Crippen LogP contribution in [-0.2, 0) is 14.4 Å². The fourth-order valence-corrected chi connectivity index (χ4v) is 3.54. The maximum Gasteiger partial charge on any atom is 0.330 e. The highest BCUT2D eigenvalue weighted by Crippen LogP contribution is 2.51. The molecule has 18 heavy (non-hydrogen) atoms. The van der Waals surface area contributed by atoms with Crippen LogP contribution >= 0.6 is 0 Å². The fourth-order valence-electron chi connectivity index (χ4n) is 3.54. The number of aliphatic carboxylic acids is 1. The lowest BCUT2D eigenvalue weighted by Crippen LogP contribution is -2.48. The first kappa shape index (κ1) is 11.7. The Morgan fingerprint density at radius 2 is 1.78 bits per heavy atom. The van der Waals surface area contributed by atoms with Gasteiger partial charge in [0.25, 0.3) is 0 Å². The van der Waals surface area contributed by atoms with E-state index in [1.165, 1.54) is 0 Å². The van der Waals surface area contributed by atoms with Gasteiger partial charge in [-0.2, -0.15) is 0 Å². The Kier molecular flexibility index (Phi) is 2.31. The number of rotatable bonds is 3. The van der Waals surface area contributed by atoms with Crippen molar-refractivity contribution in [2.75, 3.05) is 0 Å². The SMILES string of the molecule is CCC1CC2C(=O)N(C3(C(=O)O)CC3)C(=O)C2C1. The summed E-state index contributed by atoms with van der Waals surface area (Å²) in [5.41, 5.74) is -1.19. The Morgan fingerprint density at radius 3 is 2.11 bits per heavy atom. The highest BCUT2D eigenvalue weighted by atomic mass is 16.4. The number of hydrogen-bond acceptors (Lipinski definition) is 3. The first-order chi connectivity index (χ1) is 8.51. The second-order valence-corrected chi connectivity index (χ2v) is 5.81. The number of hydrogen-bond donors (Lipinski definition) is 1. The van der Waals surface area contributed by atoms with Crippen molar-refractivity contribution in [3.05, 3.63) is 0 Å². The van der Waals surface area contributed by atoms with E-state index < -0.39 is 11.5 Å². The molecule has 3 rings (SSSR count). The molecular weight excluding hydrogens is 234 g/mol. The molecule has 5 nitrogen and oxygen atoms in total. The van der Waals surface area contributed by atoms with Crippen LogP contribution in [0.15, 0.2) is 0 Å². The molecule has 1 saturated heterocycles. The molecule has 0 spiro atoms. The largest absolute Gasteiger partial charge is 0.479 e. The molecule has 2 amide bonds. The summed E-state index contributed by atoms with van der Waals surface area (Å²) in [4.78, 5) is 36.9. The number of fused-ring (bicyclic) bond motifs is 1. The molecule has 0 aromatic heterocycles. The molecular formula is C13H17NO4. The van der Waals surface area contributed by atoms with Crippen LogP contribution in [-0.4, -0.2) is 33.3 Å². The minimum Gasteiger partial charge on any atom is -0.479 e. The minimum atomic E-state index is -1.19. The minimum absolute atomic E-state index is 0.235. The van der Waals surface area contributed by atoms with Gasteiger partial charge in [-0.25, -0.2) is 4.79 Å². The number of carbonyl (C=O) groups excluding carboxylic acids is 2. The molecule has 2 saturated carbocycles. The van der Waals surface area contributed by atoms with Gasteiger partial charge in [0.2, 0.25) is 11.8 Å². The predicted molar refractivity (Wildman–Crippen MR) is 61.4 cm³/mol. The van der Waals surface area contributed by atoms with Crippen molar-refractivity contribution in [1.29, 1.82) is 0 Å². The van der Waals surface area contributed by atoms with Crippen molar-refractivity contribution in [2.45, 2.75) is 44.6 Å². The molecule has 0 bridgehead atoms. The summed E-state index contributed by atoms with van der Waals surface area (Å²) >= 11 is 0. The molecule has 3 fully saturated rings. The quantitative estimate of drug-likeness (QED) is 0.760. The van der Waals surface area contributed by atoms with Crippen LogP contribution in [0.4, 0.5) is 0 Å². The lowest BCUT2D eigenvalue weighted by molar-refractivity contribution is -0.157. The number of imide groups is 1. The Bertz CT molecular complexity index is 416. The fraction of sp³-hybridized carbons (Fsp3) is 0.769. The molecule has 5 heteroatoms. The van der Waals surface area contributed by atoms with Crippen LogP contribution in [0, 0.1) is 17.8 Å². The van der Waals surface area contributed by atoms with Crippen molar-refractivity contribution in [3.63, 3.8) is 0 Å². The van der Waals surface area contributed by atoms with E-state index in [-0.39, 0.29) is 23.7 Å². The van der Waals surface area contributed by atoms with Crippen molar-refractivity contribution in [1.82, 2.24) is 4.90 Å². The van der Waals surface area contributed by atoms with Gasteiger partial charge in [0.1, 0.15) is 5.54 Å². The molecule has 3 aliphatic rings. The van der Waals surface area contributed by atoms with E-state index in [4.69, 9.17) is 0 Å². The number of carboxylic acid groups (broad SMARTS) is 1. The van der Waals surface area contributed by atoms with Gasteiger partial charge in [0.15, 0.2) is 0 Å². The van der Waals surface area contributed by atoms with E-state index in [1.54, 1.807) is 0 Å². The smallest absolute Gasteiger partial charge is 0.330 e. The van der Waals surface area contributed by atoms with Gasteiger partial charge in [0.05, 0.1) is 11.8 Å². The Labute approximate surface area is 105 Å². The summed E-state index contributed by atoms with van der Waals surface area (Å²) < 4.78 is 0.